The molecule has 1 saturated heterocycles. The zero-order chi connectivity index (χ0) is 22.2. The van der Waals surface area contributed by atoms with Gasteiger partial charge >= 0.3 is 0 Å². The summed E-state index contributed by atoms with van der Waals surface area (Å²) in [5, 5.41) is 8.51. The summed E-state index contributed by atoms with van der Waals surface area (Å²) < 4.78 is 32.7. The number of nitriles is 1. The number of nitrogens with zero attached hydrogens (tertiary/aromatic N) is 4. The smallest absolute Gasteiger partial charge is 0.200 e. The van der Waals surface area contributed by atoms with Crippen LogP contribution in [0.2, 0.25) is 0 Å². The van der Waals surface area contributed by atoms with E-state index in [2.05, 4.69) is 4.98 Å². The average Bonchev–Trinajstić information content (AvgIpc) is 2.73. The average molecular weight is 437 g/mol. The first-order valence-electron chi connectivity index (χ1n) is 10.2. The van der Waals surface area contributed by atoms with Gasteiger partial charge in [-0.25, -0.2) is 18.4 Å². The van der Waals surface area contributed by atoms with Crippen LogP contribution in [-0.2, 0) is 14.6 Å². The van der Waals surface area contributed by atoms with Crippen molar-refractivity contribution >= 4 is 26.7 Å². The molecule has 1 fully saturated rings. The summed E-state index contributed by atoms with van der Waals surface area (Å²) >= 11 is 0. The van der Waals surface area contributed by atoms with E-state index in [-0.39, 0.29) is 22.8 Å². The highest BCUT2D eigenvalue weighted by Crippen LogP contribution is 2.35. The Balaban J connectivity index is 1.90. The molecule has 0 spiro atoms. The molecule has 0 bridgehead atoms. The molecule has 2 heterocycles. The van der Waals surface area contributed by atoms with Gasteiger partial charge in [0.15, 0.2) is 11.1 Å². The number of aromatic nitrogens is 2. The molecule has 7 nitrogen and oxygen atoms in total. The maximum absolute atomic E-state index is 13.4. The van der Waals surface area contributed by atoms with E-state index in [0.29, 0.717) is 29.9 Å². The van der Waals surface area contributed by atoms with Gasteiger partial charge in [0.25, 0.3) is 0 Å². The van der Waals surface area contributed by atoms with Gasteiger partial charge in [0.2, 0.25) is 9.84 Å². The van der Waals surface area contributed by atoms with Crippen LogP contribution in [0.5, 0.6) is 0 Å². The lowest BCUT2D eigenvalue weighted by Crippen LogP contribution is -2.46. The number of rotatable bonds is 4. The van der Waals surface area contributed by atoms with Gasteiger partial charge in [0, 0.05) is 13.1 Å². The van der Waals surface area contributed by atoms with Gasteiger partial charge in [-0.1, -0.05) is 29.8 Å². The third-order valence-electron chi connectivity index (χ3n) is 5.32. The lowest BCUT2D eigenvalue weighted by Gasteiger charge is -2.37. The van der Waals surface area contributed by atoms with Crippen molar-refractivity contribution in [1.29, 1.82) is 5.26 Å². The SMILES string of the molecule is Cc1ccc(S(=O)(=O)[C@@H](C#N)c2nc3ccccc3nc2N2C[C@@H](C)O[C@H](C)C2)cc1. The molecule has 1 aliphatic heterocycles. The van der Waals surface area contributed by atoms with Crippen LogP contribution in [0.3, 0.4) is 0 Å². The Hall–Kier alpha value is -3.02. The largest absolute Gasteiger partial charge is 0.372 e. The maximum Gasteiger partial charge on any atom is 0.200 e. The van der Waals surface area contributed by atoms with E-state index in [1.807, 2.05) is 49.9 Å². The number of morpholine rings is 1. The molecule has 1 aromatic heterocycles. The van der Waals surface area contributed by atoms with Crippen molar-refractivity contribution in [3.63, 3.8) is 0 Å². The number of ether oxygens (including phenoxy) is 1. The van der Waals surface area contributed by atoms with E-state index in [9.17, 15) is 13.7 Å². The highest BCUT2D eigenvalue weighted by Gasteiger charge is 2.36. The zero-order valence-corrected chi connectivity index (χ0v) is 18.5. The van der Waals surface area contributed by atoms with E-state index >= 15 is 0 Å². The Labute approximate surface area is 182 Å². The summed E-state index contributed by atoms with van der Waals surface area (Å²) in [4.78, 5) is 11.5. The van der Waals surface area contributed by atoms with Crippen LogP contribution >= 0.6 is 0 Å². The van der Waals surface area contributed by atoms with Crippen LogP contribution in [0.4, 0.5) is 5.82 Å². The van der Waals surface area contributed by atoms with E-state index in [4.69, 9.17) is 9.72 Å². The van der Waals surface area contributed by atoms with Crippen molar-refractivity contribution in [3.05, 3.63) is 59.8 Å². The van der Waals surface area contributed by atoms with Crippen molar-refractivity contribution in [3.8, 4) is 6.07 Å². The second-order valence-corrected chi connectivity index (χ2v) is 9.98. The third-order valence-corrected chi connectivity index (χ3v) is 7.20. The Kier molecular flexibility index (Phi) is 5.65. The van der Waals surface area contributed by atoms with Crippen molar-refractivity contribution in [2.45, 2.75) is 43.1 Å². The van der Waals surface area contributed by atoms with E-state index in [1.165, 1.54) is 12.1 Å². The van der Waals surface area contributed by atoms with Gasteiger partial charge in [0.1, 0.15) is 5.69 Å². The quantitative estimate of drug-likeness (QED) is 0.616. The van der Waals surface area contributed by atoms with Gasteiger partial charge in [0.05, 0.1) is 34.2 Å². The predicted octanol–water partition coefficient (Wildman–Crippen LogP) is 3.59. The number of benzene rings is 2. The molecule has 0 radical (unpaired) electrons. The van der Waals surface area contributed by atoms with Gasteiger partial charge in [-0.2, -0.15) is 5.26 Å². The maximum atomic E-state index is 13.4. The molecule has 0 N–H and O–H groups in total. The Morgan fingerprint density at radius 3 is 2.19 bits per heavy atom. The second-order valence-electron chi connectivity index (χ2n) is 7.95. The summed E-state index contributed by atoms with van der Waals surface area (Å²) in [5.74, 6) is 0.419. The fraction of sp³-hybridized carbons (Fsp3) is 0.348. The Bertz CT molecular complexity index is 1240. The monoisotopic (exact) mass is 436 g/mol. The van der Waals surface area contributed by atoms with Gasteiger partial charge in [-0.3, -0.25) is 0 Å². The first-order chi connectivity index (χ1) is 14.8. The van der Waals surface area contributed by atoms with E-state index in [0.717, 1.165) is 5.56 Å². The number of hydrogen-bond acceptors (Lipinski definition) is 7. The number of sulfone groups is 1. The number of fused-ring (bicyclic) bond motifs is 1. The molecule has 0 saturated carbocycles. The molecule has 1 aliphatic rings. The van der Waals surface area contributed by atoms with Crippen LogP contribution in [-0.4, -0.2) is 43.7 Å². The highest BCUT2D eigenvalue weighted by molar-refractivity contribution is 7.92. The first-order valence-corrected chi connectivity index (χ1v) is 11.7. The fourth-order valence-corrected chi connectivity index (χ4v) is 5.28. The molecule has 0 amide bonds. The lowest BCUT2D eigenvalue weighted by atomic mass is 10.2. The third kappa shape index (κ3) is 4.11. The van der Waals surface area contributed by atoms with E-state index < -0.39 is 15.1 Å². The van der Waals surface area contributed by atoms with E-state index in [1.54, 1.807) is 18.2 Å². The lowest BCUT2D eigenvalue weighted by molar-refractivity contribution is -0.00550. The Morgan fingerprint density at radius 2 is 1.61 bits per heavy atom. The minimum atomic E-state index is -4.00. The van der Waals surface area contributed by atoms with Crippen molar-refractivity contribution in [1.82, 2.24) is 9.97 Å². The van der Waals surface area contributed by atoms with Gasteiger partial charge < -0.3 is 9.64 Å². The summed E-state index contributed by atoms with van der Waals surface area (Å²) in [6.45, 7) is 6.87. The minimum Gasteiger partial charge on any atom is -0.372 e. The van der Waals surface area contributed by atoms with Crippen LogP contribution in [0.25, 0.3) is 11.0 Å². The molecule has 3 atom stereocenters. The summed E-state index contributed by atoms with van der Waals surface area (Å²) in [7, 11) is -4.00. The number of aryl methyl sites for hydroxylation is 1. The molecule has 3 aromatic rings. The van der Waals surface area contributed by atoms with Crippen molar-refractivity contribution in [2.75, 3.05) is 18.0 Å². The van der Waals surface area contributed by atoms with Crippen LogP contribution in [0.15, 0.2) is 53.4 Å². The summed E-state index contributed by atoms with van der Waals surface area (Å²) in [5.41, 5.74) is 2.30. The number of anilines is 1. The molecule has 0 unspecified atom stereocenters. The minimum absolute atomic E-state index is 0.0564. The van der Waals surface area contributed by atoms with Crippen LogP contribution < -0.4 is 4.90 Å². The first kappa shape index (κ1) is 21.2. The van der Waals surface area contributed by atoms with Crippen LogP contribution in [0.1, 0.15) is 30.4 Å². The number of hydrogen-bond donors (Lipinski definition) is 0. The van der Waals surface area contributed by atoms with Crippen LogP contribution in [0, 0.1) is 18.3 Å². The Morgan fingerprint density at radius 1 is 1.03 bits per heavy atom. The fourth-order valence-electron chi connectivity index (χ4n) is 3.91. The van der Waals surface area contributed by atoms with Crippen molar-refractivity contribution < 1.29 is 13.2 Å². The second kappa shape index (κ2) is 8.25. The molecular formula is C23H24N4O3S. The van der Waals surface area contributed by atoms with Crippen molar-refractivity contribution in [2.24, 2.45) is 0 Å². The summed E-state index contributed by atoms with van der Waals surface area (Å²) in [6.07, 6.45) is -0.113. The van der Waals surface area contributed by atoms with Gasteiger partial charge in [-0.05, 0) is 45.0 Å². The molecule has 31 heavy (non-hydrogen) atoms. The molecular weight excluding hydrogens is 412 g/mol. The topological polar surface area (TPSA) is 96.2 Å². The normalized spacial score (nSPS) is 20.4. The molecule has 0 aliphatic carbocycles. The molecule has 160 valence electrons. The molecule has 2 aromatic carbocycles. The zero-order valence-electron chi connectivity index (χ0n) is 17.7. The number of para-hydroxylation sites is 2. The molecule has 8 heteroatoms. The summed E-state index contributed by atoms with van der Waals surface area (Å²) in [6, 6.07) is 15.8. The highest BCUT2D eigenvalue weighted by atomic mass is 32.2. The van der Waals surface area contributed by atoms with Gasteiger partial charge in [-0.15, -0.1) is 0 Å². The molecule has 4 rings (SSSR count). The predicted molar refractivity (Wildman–Crippen MR) is 118 cm³/mol. The standard InChI is InChI=1S/C23H24N4O3S/c1-15-8-10-18(11-9-15)31(28,29)21(12-24)22-23(27-13-16(2)30-17(3)14-27)26-20-7-5-4-6-19(20)25-22/h4-11,16-17,21H,13-14H2,1-3H3/t16-,17-,21+/m1/s1.